The van der Waals surface area contributed by atoms with Crippen LogP contribution in [0.2, 0.25) is 4.47 Å². The predicted molar refractivity (Wildman–Crippen MR) is 67.5 cm³/mol. The van der Waals surface area contributed by atoms with E-state index in [9.17, 15) is 4.79 Å². The molecule has 0 radical (unpaired) electrons. The Bertz CT molecular complexity index is 411. The maximum Gasteiger partial charge on any atom is 0.282 e. The van der Waals surface area contributed by atoms with Gasteiger partial charge in [0.25, 0.3) is 5.91 Å². The first-order valence-electron chi connectivity index (χ1n) is 5.56. The maximum atomic E-state index is 11.8. The monoisotopic (exact) mass is 274 g/mol. The van der Waals surface area contributed by atoms with Gasteiger partial charge in [0.05, 0.1) is 0 Å². The Morgan fingerprint density at radius 2 is 2.35 bits per heavy atom. The number of amides is 1. The van der Waals surface area contributed by atoms with E-state index in [-0.39, 0.29) is 11.9 Å². The molecule has 1 N–H and O–H groups in total. The van der Waals surface area contributed by atoms with E-state index in [0.29, 0.717) is 15.5 Å². The fourth-order valence-corrected chi connectivity index (χ4v) is 2.70. The third kappa shape index (κ3) is 3.14. The highest BCUT2D eigenvalue weighted by Gasteiger charge is 2.25. The number of carbonyl (C=O) groups is 1. The van der Waals surface area contributed by atoms with Crippen LogP contribution in [0.4, 0.5) is 0 Å². The minimum Gasteiger partial charge on any atom is -0.347 e. The third-order valence-electron chi connectivity index (χ3n) is 3.14. The molecule has 1 fully saturated rings. The van der Waals surface area contributed by atoms with Crippen molar-refractivity contribution in [1.82, 2.24) is 20.4 Å². The summed E-state index contributed by atoms with van der Waals surface area (Å²) in [5.74, 6) is -0.170. The van der Waals surface area contributed by atoms with Gasteiger partial charge in [-0.15, -0.1) is 10.2 Å². The second-order valence-corrected chi connectivity index (χ2v) is 5.94. The Kier molecular flexibility index (Phi) is 3.96. The van der Waals surface area contributed by atoms with Crippen LogP contribution in [0, 0.1) is 0 Å². The lowest BCUT2D eigenvalue weighted by atomic mass is 9.99. The molecule has 1 aromatic heterocycles. The van der Waals surface area contributed by atoms with E-state index in [1.807, 2.05) is 0 Å². The quantitative estimate of drug-likeness (QED) is 0.886. The molecule has 1 aliphatic heterocycles. The number of carbonyl (C=O) groups excluding carboxylic acids is 1. The van der Waals surface area contributed by atoms with Gasteiger partial charge in [-0.3, -0.25) is 4.79 Å². The van der Waals surface area contributed by atoms with Crippen molar-refractivity contribution in [2.45, 2.75) is 31.8 Å². The lowest BCUT2D eigenvalue weighted by molar-refractivity contribution is 0.0895. The van der Waals surface area contributed by atoms with Crippen molar-refractivity contribution in [2.24, 2.45) is 0 Å². The molecule has 7 heteroatoms. The molecule has 0 aliphatic carbocycles. The molecule has 17 heavy (non-hydrogen) atoms. The van der Waals surface area contributed by atoms with Gasteiger partial charge < -0.3 is 10.2 Å². The summed E-state index contributed by atoms with van der Waals surface area (Å²) in [6, 6.07) is 0.712. The van der Waals surface area contributed by atoms with E-state index in [0.717, 1.165) is 30.7 Å². The van der Waals surface area contributed by atoms with Gasteiger partial charge >= 0.3 is 0 Å². The standard InChI is InChI=1S/C10H15ClN4OS/c1-6-5-7(3-4-15(6)2)12-8(16)9-13-14-10(11)17-9/h6-7H,3-5H2,1-2H3,(H,12,16). The molecule has 2 atom stereocenters. The molecule has 1 saturated heterocycles. The molecule has 1 aliphatic rings. The Morgan fingerprint density at radius 1 is 1.59 bits per heavy atom. The highest BCUT2D eigenvalue weighted by atomic mass is 35.5. The van der Waals surface area contributed by atoms with Crippen LogP contribution in [0.25, 0.3) is 0 Å². The average Bonchev–Trinajstić information content (AvgIpc) is 2.70. The minimum absolute atomic E-state index is 0.170. The van der Waals surface area contributed by atoms with Crippen molar-refractivity contribution < 1.29 is 4.79 Å². The zero-order valence-corrected chi connectivity index (χ0v) is 11.4. The number of aromatic nitrogens is 2. The van der Waals surface area contributed by atoms with E-state index in [1.165, 1.54) is 0 Å². The fourth-order valence-electron chi connectivity index (χ4n) is 1.96. The van der Waals surface area contributed by atoms with Gasteiger partial charge in [0.2, 0.25) is 9.47 Å². The first kappa shape index (κ1) is 12.7. The molecular weight excluding hydrogens is 260 g/mol. The molecule has 0 spiro atoms. The molecule has 2 heterocycles. The van der Waals surface area contributed by atoms with Crippen LogP contribution in [0.3, 0.4) is 0 Å². The SMILES string of the molecule is CC1CC(NC(=O)c2nnc(Cl)s2)CCN1C. The van der Waals surface area contributed by atoms with E-state index in [4.69, 9.17) is 11.6 Å². The van der Waals surface area contributed by atoms with Crippen molar-refractivity contribution in [1.29, 1.82) is 0 Å². The number of hydrogen-bond acceptors (Lipinski definition) is 5. The molecule has 1 amide bonds. The van der Waals surface area contributed by atoms with E-state index in [1.54, 1.807) is 0 Å². The Morgan fingerprint density at radius 3 is 2.94 bits per heavy atom. The lowest BCUT2D eigenvalue weighted by Crippen LogP contribution is -2.47. The Labute approximate surface area is 109 Å². The zero-order valence-electron chi connectivity index (χ0n) is 9.81. The highest BCUT2D eigenvalue weighted by Crippen LogP contribution is 2.18. The van der Waals surface area contributed by atoms with Crippen LogP contribution in [-0.2, 0) is 0 Å². The van der Waals surface area contributed by atoms with Crippen LogP contribution in [0.1, 0.15) is 29.6 Å². The van der Waals surface area contributed by atoms with Gasteiger partial charge in [-0.05, 0) is 38.4 Å². The fraction of sp³-hybridized carbons (Fsp3) is 0.700. The van der Waals surface area contributed by atoms with Crippen LogP contribution < -0.4 is 5.32 Å². The van der Waals surface area contributed by atoms with Gasteiger partial charge in [0.1, 0.15) is 0 Å². The molecule has 0 saturated carbocycles. The molecule has 0 bridgehead atoms. The van der Waals surface area contributed by atoms with E-state index < -0.39 is 0 Å². The number of nitrogens with zero attached hydrogens (tertiary/aromatic N) is 3. The Balaban J connectivity index is 1.91. The van der Waals surface area contributed by atoms with Gasteiger partial charge in [0, 0.05) is 18.6 Å². The first-order valence-corrected chi connectivity index (χ1v) is 6.76. The van der Waals surface area contributed by atoms with Gasteiger partial charge in [-0.2, -0.15) is 0 Å². The molecule has 94 valence electrons. The van der Waals surface area contributed by atoms with Crippen LogP contribution >= 0.6 is 22.9 Å². The maximum absolute atomic E-state index is 11.8. The molecule has 1 aromatic rings. The summed E-state index contributed by atoms with van der Waals surface area (Å²) >= 11 is 6.75. The first-order chi connectivity index (χ1) is 8.06. The second-order valence-electron chi connectivity index (χ2n) is 4.38. The predicted octanol–water partition coefficient (Wildman–Crippen LogP) is 1.40. The number of piperidine rings is 1. The van der Waals surface area contributed by atoms with Crippen molar-refractivity contribution >= 4 is 28.8 Å². The van der Waals surface area contributed by atoms with Crippen molar-refractivity contribution in [3.63, 3.8) is 0 Å². The second kappa shape index (κ2) is 5.29. The summed E-state index contributed by atoms with van der Waals surface area (Å²) < 4.78 is 0.298. The van der Waals surface area contributed by atoms with Gasteiger partial charge in [-0.25, -0.2) is 0 Å². The zero-order chi connectivity index (χ0) is 12.4. The van der Waals surface area contributed by atoms with Crippen LogP contribution in [0.5, 0.6) is 0 Å². The topological polar surface area (TPSA) is 58.1 Å². The van der Waals surface area contributed by atoms with Crippen molar-refractivity contribution in [2.75, 3.05) is 13.6 Å². The largest absolute Gasteiger partial charge is 0.347 e. The smallest absolute Gasteiger partial charge is 0.282 e. The summed E-state index contributed by atoms with van der Waals surface area (Å²) in [6.45, 7) is 3.17. The number of halogens is 1. The van der Waals surface area contributed by atoms with Gasteiger partial charge in [-0.1, -0.05) is 11.3 Å². The van der Waals surface area contributed by atoms with Gasteiger partial charge in [0.15, 0.2) is 0 Å². The van der Waals surface area contributed by atoms with Crippen LogP contribution in [-0.4, -0.2) is 46.7 Å². The summed E-state index contributed by atoms with van der Waals surface area (Å²) in [4.78, 5) is 14.1. The molecule has 5 nitrogen and oxygen atoms in total. The van der Waals surface area contributed by atoms with Crippen molar-refractivity contribution in [3.8, 4) is 0 Å². The summed E-state index contributed by atoms with van der Waals surface area (Å²) in [7, 11) is 2.10. The van der Waals surface area contributed by atoms with E-state index >= 15 is 0 Å². The lowest BCUT2D eigenvalue weighted by Gasteiger charge is -2.35. The summed E-state index contributed by atoms with van der Waals surface area (Å²) in [5, 5.41) is 10.7. The number of nitrogens with one attached hydrogen (secondary N) is 1. The van der Waals surface area contributed by atoms with Crippen molar-refractivity contribution in [3.05, 3.63) is 9.47 Å². The summed E-state index contributed by atoms with van der Waals surface area (Å²) in [6.07, 6.45) is 1.94. The average molecular weight is 275 g/mol. The molecular formula is C10H15ClN4OS. The number of likely N-dealkylation sites (tertiary alicyclic amines) is 1. The Hall–Kier alpha value is -0.720. The van der Waals surface area contributed by atoms with E-state index in [2.05, 4.69) is 34.4 Å². The number of hydrogen-bond donors (Lipinski definition) is 1. The third-order valence-corrected chi connectivity index (χ3v) is 4.16. The summed E-state index contributed by atoms with van der Waals surface area (Å²) in [5.41, 5.74) is 0. The molecule has 2 unspecified atom stereocenters. The normalized spacial score (nSPS) is 25.8. The highest BCUT2D eigenvalue weighted by molar-refractivity contribution is 7.17. The molecule has 2 rings (SSSR count). The minimum atomic E-state index is -0.170. The number of rotatable bonds is 2. The van der Waals surface area contributed by atoms with Crippen LogP contribution in [0.15, 0.2) is 0 Å². The molecule has 0 aromatic carbocycles.